The van der Waals surface area contributed by atoms with Crippen LogP contribution in [0.3, 0.4) is 0 Å². The van der Waals surface area contributed by atoms with Gasteiger partial charge in [0, 0.05) is 6.54 Å². The van der Waals surface area contributed by atoms with Gasteiger partial charge in [-0.05, 0) is 29.5 Å². The highest BCUT2D eigenvalue weighted by Gasteiger charge is 2.14. The first-order valence-electron chi connectivity index (χ1n) is 6.07. The Balaban J connectivity index is 2.18. The van der Waals surface area contributed by atoms with Crippen LogP contribution in [0.2, 0.25) is 0 Å². The van der Waals surface area contributed by atoms with Crippen molar-refractivity contribution in [3.63, 3.8) is 0 Å². The standard InChI is InChI=1S/C12H15N5O2S/c1-3-13-11(18)8-20-12-14-15-16-17(12)9-6-4-5-7-10(9)19-2/h4-7H,3,8H2,1-2H3,(H,13,18). The molecule has 0 aliphatic rings. The van der Waals surface area contributed by atoms with Crippen molar-refractivity contribution in [1.82, 2.24) is 25.5 Å². The molecule has 2 aromatic rings. The van der Waals surface area contributed by atoms with Gasteiger partial charge in [-0.3, -0.25) is 4.79 Å². The molecule has 1 aromatic heterocycles. The van der Waals surface area contributed by atoms with Crippen molar-refractivity contribution in [2.24, 2.45) is 0 Å². The number of rotatable bonds is 6. The second kappa shape index (κ2) is 6.90. The number of nitrogens with zero attached hydrogens (tertiary/aromatic N) is 4. The Morgan fingerprint density at radius 2 is 2.25 bits per heavy atom. The summed E-state index contributed by atoms with van der Waals surface area (Å²) in [6, 6.07) is 7.42. The lowest BCUT2D eigenvalue weighted by atomic mass is 10.3. The molecular formula is C12H15N5O2S. The minimum atomic E-state index is -0.0490. The second-order valence-corrected chi connectivity index (χ2v) is 4.73. The predicted molar refractivity (Wildman–Crippen MR) is 75.1 cm³/mol. The number of amides is 1. The Morgan fingerprint density at radius 3 is 3.00 bits per heavy atom. The fourth-order valence-electron chi connectivity index (χ4n) is 1.60. The molecule has 1 heterocycles. The highest BCUT2D eigenvalue weighted by Crippen LogP contribution is 2.25. The van der Waals surface area contributed by atoms with E-state index >= 15 is 0 Å². The van der Waals surface area contributed by atoms with Crippen LogP contribution < -0.4 is 10.1 Å². The van der Waals surface area contributed by atoms with E-state index in [4.69, 9.17) is 4.74 Å². The average molecular weight is 293 g/mol. The summed E-state index contributed by atoms with van der Waals surface area (Å²) in [5.74, 6) is 0.885. The van der Waals surface area contributed by atoms with Crippen molar-refractivity contribution in [3.05, 3.63) is 24.3 Å². The van der Waals surface area contributed by atoms with E-state index in [2.05, 4.69) is 20.8 Å². The minimum Gasteiger partial charge on any atom is -0.494 e. The maximum absolute atomic E-state index is 11.5. The molecule has 0 atom stereocenters. The van der Waals surface area contributed by atoms with Crippen LogP contribution in [0.1, 0.15) is 6.92 Å². The van der Waals surface area contributed by atoms with Crippen LogP contribution in [0.15, 0.2) is 29.4 Å². The van der Waals surface area contributed by atoms with E-state index in [1.54, 1.807) is 11.8 Å². The third kappa shape index (κ3) is 3.27. The first-order chi connectivity index (χ1) is 9.76. The van der Waals surface area contributed by atoms with E-state index in [0.717, 1.165) is 5.69 Å². The molecule has 20 heavy (non-hydrogen) atoms. The summed E-state index contributed by atoms with van der Waals surface area (Å²) < 4.78 is 6.84. The number of methoxy groups -OCH3 is 1. The molecule has 8 heteroatoms. The maximum Gasteiger partial charge on any atom is 0.230 e. The molecule has 0 unspecified atom stereocenters. The highest BCUT2D eigenvalue weighted by atomic mass is 32.2. The summed E-state index contributed by atoms with van der Waals surface area (Å²) in [6.07, 6.45) is 0. The Hall–Kier alpha value is -2.09. The number of tetrazole rings is 1. The third-order valence-corrected chi connectivity index (χ3v) is 3.38. The van der Waals surface area contributed by atoms with Gasteiger partial charge in [0.15, 0.2) is 0 Å². The molecule has 0 aliphatic heterocycles. The normalized spacial score (nSPS) is 10.3. The van der Waals surface area contributed by atoms with E-state index in [0.29, 0.717) is 17.5 Å². The van der Waals surface area contributed by atoms with Crippen molar-refractivity contribution in [1.29, 1.82) is 0 Å². The first-order valence-corrected chi connectivity index (χ1v) is 7.06. The summed E-state index contributed by atoms with van der Waals surface area (Å²) >= 11 is 1.28. The molecule has 0 spiro atoms. The van der Waals surface area contributed by atoms with Crippen LogP contribution in [0.25, 0.3) is 5.69 Å². The van der Waals surface area contributed by atoms with Gasteiger partial charge in [-0.15, -0.1) is 5.10 Å². The van der Waals surface area contributed by atoms with E-state index in [1.807, 2.05) is 31.2 Å². The number of benzene rings is 1. The van der Waals surface area contributed by atoms with Crippen LogP contribution >= 0.6 is 11.8 Å². The van der Waals surface area contributed by atoms with E-state index < -0.39 is 0 Å². The Labute approximate surface area is 120 Å². The summed E-state index contributed by atoms with van der Waals surface area (Å²) in [4.78, 5) is 11.5. The topological polar surface area (TPSA) is 81.9 Å². The summed E-state index contributed by atoms with van der Waals surface area (Å²) in [6.45, 7) is 2.48. The van der Waals surface area contributed by atoms with Gasteiger partial charge in [-0.1, -0.05) is 23.9 Å². The number of carbonyl (C=O) groups excluding carboxylic acids is 1. The lowest BCUT2D eigenvalue weighted by Gasteiger charge is -2.08. The van der Waals surface area contributed by atoms with Crippen LogP contribution in [-0.4, -0.2) is 45.5 Å². The van der Waals surface area contributed by atoms with Crippen molar-refractivity contribution in [3.8, 4) is 11.4 Å². The number of nitrogens with one attached hydrogen (secondary N) is 1. The largest absolute Gasteiger partial charge is 0.494 e. The predicted octanol–water partition coefficient (Wildman–Crippen LogP) is 0.899. The Kier molecular flexibility index (Phi) is 4.94. The molecule has 1 aromatic carbocycles. The second-order valence-electron chi connectivity index (χ2n) is 3.79. The minimum absolute atomic E-state index is 0.0490. The van der Waals surface area contributed by atoms with Gasteiger partial charge in [-0.25, -0.2) is 0 Å². The molecule has 7 nitrogen and oxygen atoms in total. The lowest BCUT2D eigenvalue weighted by Crippen LogP contribution is -2.24. The van der Waals surface area contributed by atoms with Crippen molar-refractivity contribution in [2.75, 3.05) is 19.4 Å². The number of aromatic nitrogens is 4. The zero-order valence-electron chi connectivity index (χ0n) is 11.2. The number of hydrogen-bond acceptors (Lipinski definition) is 6. The third-order valence-electron chi connectivity index (χ3n) is 2.46. The van der Waals surface area contributed by atoms with Crippen molar-refractivity contribution < 1.29 is 9.53 Å². The summed E-state index contributed by atoms with van der Waals surface area (Å²) in [5.41, 5.74) is 0.735. The quantitative estimate of drug-likeness (QED) is 0.797. The molecular weight excluding hydrogens is 278 g/mol. The first kappa shape index (κ1) is 14.3. The molecule has 1 amide bonds. The van der Waals surface area contributed by atoms with E-state index in [9.17, 15) is 4.79 Å². The van der Waals surface area contributed by atoms with E-state index in [-0.39, 0.29) is 11.7 Å². The molecule has 2 rings (SSSR count). The van der Waals surface area contributed by atoms with Crippen LogP contribution in [0, 0.1) is 0 Å². The van der Waals surface area contributed by atoms with Crippen LogP contribution in [-0.2, 0) is 4.79 Å². The van der Waals surface area contributed by atoms with Crippen molar-refractivity contribution in [2.45, 2.75) is 12.1 Å². The fourth-order valence-corrected chi connectivity index (χ4v) is 2.32. The van der Waals surface area contributed by atoms with Gasteiger partial charge in [0.2, 0.25) is 11.1 Å². The van der Waals surface area contributed by atoms with Crippen LogP contribution in [0.4, 0.5) is 0 Å². The number of para-hydroxylation sites is 2. The maximum atomic E-state index is 11.5. The number of hydrogen-bond donors (Lipinski definition) is 1. The molecule has 0 fully saturated rings. The zero-order valence-corrected chi connectivity index (χ0v) is 12.1. The average Bonchev–Trinajstić information content (AvgIpc) is 2.93. The van der Waals surface area contributed by atoms with Gasteiger partial charge in [0.1, 0.15) is 11.4 Å². The molecule has 0 saturated carbocycles. The fraction of sp³-hybridized carbons (Fsp3) is 0.333. The highest BCUT2D eigenvalue weighted by molar-refractivity contribution is 7.99. The van der Waals surface area contributed by atoms with Gasteiger partial charge in [0.25, 0.3) is 0 Å². The van der Waals surface area contributed by atoms with Gasteiger partial charge >= 0.3 is 0 Å². The summed E-state index contributed by atoms with van der Waals surface area (Å²) in [7, 11) is 1.59. The lowest BCUT2D eigenvalue weighted by molar-refractivity contribution is -0.118. The number of ether oxygens (including phenoxy) is 1. The zero-order chi connectivity index (χ0) is 14.4. The van der Waals surface area contributed by atoms with Gasteiger partial charge in [-0.2, -0.15) is 4.68 Å². The Morgan fingerprint density at radius 1 is 1.45 bits per heavy atom. The van der Waals surface area contributed by atoms with Crippen LogP contribution in [0.5, 0.6) is 5.75 Å². The van der Waals surface area contributed by atoms with Crippen molar-refractivity contribution >= 4 is 17.7 Å². The Bertz CT molecular complexity index is 587. The van der Waals surface area contributed by atoms with Gasteiger partial charge in [0.05, 0.1) is 12.9 Å². The van der Waals surface area contributed by atoms with Gasteiger partial charge < -0.3 is 10.1 Å². The number of thioether (sulfide) groups is 1. The molecule has 1 N–H and O–H groups in total. The molecule has 0 bridgehead atoms. The summed E-state index contributed by atoms with van der Waals surface area (Å²) in [5, 5.41) is 14.8. The molecule has 106 valence electrons. The number of carbonyl (C=O) groups is 1. The molecule has 0 aliphatic carbocycles. The van der Waals surface area contributed by atoms with E-state index in [1.165, 1.54) is 11.8 Å². The molecule has 0 saturated heterocycles. The smallest absolute Gasteiger partial charge is 0.230 e. The SMILES string of the molecule is CCNC(=O)CSc1nnnn1-c1ccccc1OC. The monoisotopic (exact) mass is 293 g/mol. The molecule has 0 radical (unpaired) electrons.